The standard InChI is InChI=1S/C22H21N3O4S/c23-9-8-22(26)21-15-18-14-17(16-24-10-12-29-13-11-24)6-7-20(18)25(21)30(27,28)19-4-2-1-3-5-19/h1-7,14-15H,8,10-13,16H2. The Labute approximate surface area is 175 Å². The SMILES string of the molecule is N#CCC(=O)c1cc2cc(CN3CCOCC3)ccc2n1S(=O)(=O)c1ccccc1. The molecule has 1 aliphatic heterocycles. The van der Waals surface area contributed by atoms with Gasteiger partial charge in [0.2, 0.25) is 0 Å². The van der Waals surface area contributed by atoms with Crippen LogP contribution in [0.15, 0.2) is 59.5 Å². The number of ketones is 1. The van der Waals surface area contributed by atoms with Crippen LogP contribution < -0.4 is 0 Å². The molecule has 0 N–H and O–H groups in total. The van der Waals surface area contributed by atoms with Gasteiger partial charge in [0.25, 0.3) is 10.0 Å². The summed E-state index contributed by atoms with van der Waals surface area (Å²) in [6, 6.07) is 16.9. The molecule has 0 atom stereocenters. The zero-order valence-electron chi connectivity index (χ0n) is 16.3. The Balaban J connectivity index is 1.82. The van der Waals surface area contributed by atoms with E-state index in [0.717, 1.165) is 29.2 Å². The number of fused-ring (bicyclic) bond motifs is 1. The lowest BCUT2D eigenvalue weighted by Gasteiger charge is -2.26. The second kappa shape index (κ2) is 8.40. The number of carbonyl (C=O) groups excluding carboxylic acids is 1. The second-order valence-corrected chi connectivity index (χ2v) is 8.94. The van der Waals surface area contributed by atoms with Crippen LogP contribution in [-0.4, -0.2) is 49.4 Å². The molecule has 1 aromatic heterocycles. The van der Waals surface area contributed by atoms with Crippen molar-refractivity contribution in [3.8, 4) is 6.07 Å². The van der Waals surface area contributed by atoms with Gasteiger partial charge in [-0.1, -0.05) is 24.3 Å². The van der Waals surface area contributed by atoms with Crippen molar-refractivity contribution in [1.82, 2.24) is 8.87 Å². The van der Waals surface area contributed by atoms with Gasteiger partial charge in [0.1, 0.15) is 12.1 Å². The van der Waals surface area contributed by atoms with E-state index in [1.54, 1.807) is 30.3 Å². The van der Waals surface area contributed by atoms with Gasteiger partial charge in [-0.25, -0.2) is 12.4 Å². The minimum atomic E-state index is -4.00. The van der Waals surface area contributed by atoms with Crippen molar-refractivity contribution in [2.45, 2.75) is 17.9 Å². The van der Waals surface area contributed by atoms with Crippen LogP contribution in [-0.2, 0) is 21.3 Å². The highest BCUT2D eigenvalue weighted by Crippen LogP contribution is 2.28. The smallest absolute Gasteiger partial charge is 0.268 e. The summed E-state index contributed by atoms with van der Waals surface area (Å²) in [5, 5.41) is 9.62. The van der Waals surface area contributed by atoms with E-state index in [2.05, 4.69) is 4.90 Å². The minimum absolute atomic E-state index is 0.000995. The summed E-state index contributed by atoms with van der Waals surface area (Å²) in [7, 11) is -4.00. The highest BCUT2D eigenvalue weighted by molar-refractivity contribution is 7.90. The van der Waals surface area contributed by atoms with Crippen LogP contribution >= 0.6 is 0 Å². The Hall–Kier alpha value is -2.99. The van der Waals surface area contributed by atoms with E-state index in [4.69, 9.17) is 10.00 Å². The first-order valence-corrected chi connectivity index (χ1v) is 11.1. The lowest BCUT2D eigenvalue weighted by atomic mass is 10.1. The average molecular weight is 423 g/mol. The minimum Gasteiger partial charge on any atom is -0.379 e. The number of nitrogens with zero attached hydrogens (tertiary/aromatic N) is 3. The third-order valence-corrected chi connectivity index (χ3v) is 6.88. The van der Waals surface area contributed by atoms with Crippen molar-refractivity contribution in [3.05, 3.63) is 65.9 Å². The molecular weight excluding hydrogens is 402 g/mol. The quantitative estimate of drug-likeness (QED) is 0.566. The third-order valence-electron chi connectivity index (χ3n) is 5.14. The lowest BCUT2D eigenvalue weighted by Crippen LogP contribution is -2.35. The number of nitriles is 1. The van der Waals surface area contributed by atoms with Crippen molar-refractivity contribution < 1.29 is 17.9 Å². The summed E-state index contributed by atoms with van der Waals surface area (Å²) in [4.78, 5) is 14.9. The van der Waals surface area contributed by atoms with Gasteiger partial charge in [-0.3, -0.25) is 9.69 Å². The van der Waals surface area contributed by atoms with Crippen LogP contribution in [0.5, 0.6) is 0 Å². The van der Waals surface area contributed by atoms with E-state index in [1.165, 1.54) is 12.1 Å². The predicted molar refractivity (Wildman–Crippen MR) is 112 cm³/mol. The van der Waals surface area contributed by atoms with Gasteiger partial charge in [0.15, 0.2) is 5.78 Å². The molecular formula is C22H21N3O4S. The van der Waals surface area contributed by atoms with Crippen molar-refractivity contribution in [2.24, 2.45) is 0 Å². The van der Waals surface area contributed by atoms with Gasteiger partial charge >= 0.3 is 0 Å². The molecule has 154 valence electrons. The van der Waals surface area contributed by atoms with E-state index in [1.807, 2.05) is 18.2 Å². The third kappa shape index (κ3) is 3.87. The molecule has 0 radical (unpaired) electrons. The number of aromatic nitrogens is 1. The molecule has 0 saturated carbocycles. The summed E-state index contributed by atoms with van der Waals surface area (Å²) < 4.78 is 33.1. The van der Waals surface area contributed by atoms with Gasteiger partial charge in [-0.05, 0) is 35.9 Å². The molecule has 4 rings (SSSR count). The highest BCUT2D eigenvalue weighted by Gasteiger charge is 2.26. The summed E-state index contributed by atoms with van der Waals surface area (Å²) in [6.45, 7) is 3.79. The number of hydrogen-bond donors (Lipinski definition) is 0. The maximum atomic E-state index is 13.3. The monoisotopic (exact) mass is 423 g/mol. The number of ether oxygens (including phenoxy) is 1. The topological polar surface area (TPSA) is 92.4 Å². The summed E-state index contributed by atoms with van der Waals surface area (Å²) >= 11 is 0. The molecule has 1 aliphatic rings. The fraction of sp³-hybridized carbons (Fsp3) is 0.273. The second-order valence-electron chi connectivity index (χ2n) is 7.15. The van der Waals surface area contributed by atoms with Crippen molar-refractivity contribution in [2.75, 3.05) is 26.3 Å². The van der Waals surface area contributed by atoms with E-state index in [-0.39, 0.29) is 17.0 Å². The molecule has 0 aliphatic carbocycles. The molecule has 7 nitrogen and oxygen atoms in total. The molecule has 0 unspecified atom stereocenters. The van der Waals surface area contributed by atoms with Gasteiger partial charge in [-0.2, -0.15) is 5.26 Å². The average Bonchev–Trinajstić information content (AvgIpc) is 3.15. The van der Waals surface area contributed by atoms with Gasteiger partial charge in [0.05, 0.1) is 29.7 Å². The van der Waals surface area contributed by atoms with Crippen molar-refractivity contribution in [1.29, 1.82) is 5.26 Å². The Morgan fingerprint density at radius 2 is 1.80 bits per heavy atom. The number of hydrogen-bond acceptors (Lipinski definition) is 6. The zero-order chi connectivity index (χ0) is 21.1. The number of benzene rings is 2. The predicted octanol–water partition coefficient (Wildman–Crippen LogP) is 2.81. The van der Waals surface area contributed by atoms with E-state index < -0.39 is 15.8 Å². The maximum absolute atomic E-state index is 13.3. The molecule has 1 saturated heterocycles. The molecule has 1 fully saturated rings. The molecule has 3 aromatic rings. The van der Waals surface area contributed by atoms with Gasteiger partial charge in [0, 0.05) is 25.0 Å². The van der Waals surface area contributed by atoms with E-state index in [9.17, 15) is 13.2 Å². The number of carbonyl (C=O) groups is 1. The Morgan fingerprint density at radius 1 is 1.07 bits per heavy atom. The largest absolute Gasteiger partial charge is 0.379 e. The molecule has 30 heavy (non-hydrogen) atoms. The first kappa shape index (κ1) is 20.3. The van der Waals surface area contributed by atoms with Crippen molar-refractivity contribution >= 4 is 26.7 Å². The van der Waals surface area contributed by atoms with Crippen LogP contribution in [0.2, 0.25) is 0 Å². The van der Waals surface area contributed by atoms with E-state index in [0.29, 0.717) is 24.1 Å². The van der Waals surface area contributed by atoms with Crippen molar-refractivity contribution in [3.63, 3.8) is 0 Å². The van der Waals surface area contributed by atoms with Gasteiger partial charge in [-0.15, -0.1) is 0 Å². The maximum Gasteiger partial charge on any atom is 0.268 e. The summed E-state index contributed by atoms with van der Waals surface area (Å²) in [5.41, 5.74) is 1.45. The summed E-state index contributed by atoms with van der Waals surface area (Å²) in [6.07, 6.45) is -0.388. The highest BCUT2D eigenvalue weighted by atomic mass is 32.2. The molecule has 0 amide bonds. The molecule has 8 heteroatoms. The van der Waals surface area contributed by atoms with Crippen LogP contribution in [0.4, 0.5) is 0 Å². The lowest BCUT2D eigenvalue weighted by molar-refractivity contribution is 0.0342. The molecule has 2 heterocycles. The van der Waals surface area contributed by atoms with Crippen LogP contribution in [0.3, 0.4) is 0 Å². The number of morpholine rings is 1. The Kier molecular flexibility index (Phi) is 5.68. The Bertz CT molecular complexity index is 1220. The summed E-state index contributed by atoms with van der Waals surface area (Å²) in [5.74, 6) is -0.525. The van der Waals surface area contributed by atoms with Crippen LogP contribution in [0.25, 0.3) is 10.9 Å². The first-order valence-electron chi connectivity index (χ1n) is 9.66. The molecule has 0 spiro atoms. The zero-order valence-corrected chi connectivity index (χ0v) is 17.1. The normalized spacial score (nSPS) is 15.2. The molecule has 0 bridgehead atoms. The fourth-order valence-electron chi connectivity index (χ4n) is 3.67. The first-order chi connectivity index (χ1) is 14.5. The fourth-order valence-corrected chi connectivity index (χ4v) is 5.22. The van der Waals surface area contributed by atoms with E-state index >= 15 is 0 Å². The van der Waals surface area contributed by atoms with Gasteiger partial charge < -0.3 is 4.74 Å². The van der Waals surface area contributed by atoms with Crippen LogP contribution in [0.1, 0.15) is 22.5 Å². The van der Waals surface area contributed by atoms with Crippen LogP contribution in [0, 0.1) is 11.3 Å². The molecule has 2 aromatic carbocycles. The number of Topliss-reactive ketones (excluding diaryl/α,β-unsaturated/α-hetero) is 1. The Morgan fingerprint density at radius 3 is 2.50 bits per heavy atom. The number of rotatable bonds is 6.